The highest BCUT2D eigenvalue weighted by Crippen LogP contribution is 2.59. The molecule has 4 bridgehead atoms. The Kier molecular flexibility index (Phi) is 3.41. The Hall–Kier alpha value is -1.66. The number of carbonyl (C=O) groups is 1. The van der Waals surface area contributed by atoms with Gasteiger partial charge in [0.2, 0.25) is 0 Å². The molecule has 128 valence electrons. The first-order valence-corrected chi connectivity index (χ1v) is 8.55. The molecule has 5 rings (SSSR count). The molecule has 1 N–H and O–H groups in total. The van der Waals surface area contributed by atoms with Gasteiger partial charge in [0.05, 0.1) is 21.1 Å². The van der Waals surface area contributed by atoms with Crippen LogP contribution in [0.5, 0.6) is 0 Å². The number of nitro groups is 1. The topological polar surface area (TPSA) is 89.7 Å². The lowest BCUT2D eigenvalue weighted by atomic mass is 9.52. The average Bonchev–Trinajstić information content (AvgIpc) is 2.43. The molecule has 1 aromatic carbocycles. The van der Waals surface area contributed by atoms with Gasteiger partial charge in [-0.25, -0.2) is 4.79 Å². The zero-order valence-corrected chi connectivity index (χ0v) is 13.8. The van der Waals surface area contributed by atoms with Crippen molar-refractivity contribution in [3.05, 3.63) is 38.9 Å². The number of ether oxygens (including phenoxy) is 1. The number of carbonyl (C=O) groups excluding carboxylic acids is 1. The molecule has 4 fully saturated rings. The van der Waals surface area contributed by atoms with Crippen LogP contribution in [0.2, 0.25) is 5.02 Å². The first kappa shape index (κ1) is 15.8. The van der Waals surface area contributed by atoms with Crippen LogP contribution in [-0.2, 0) is 4.74 Å². The number of nitro benzene ring substituents is 1. The second-order valence-electron chi connectivity index (χ2n) is 7.68. The molecular formula is C17H18ClNO5. The van der Waals surface area contributed by atoms with E-state index < -0.39 is 22.1 Å². The number of halogens is 1. The van der Waals surface area contributed by atoms with Crippen molar-refractivity contribution in [3.8, 4) is 0 Å². The number of nitrogens with zero attached hydrogens (tertiary/aromatic N) is 1. The molecule has 1 aromatic rings. The minimum absolute atomic E-state index is 0.00796. The van der Waals surface area contributed by atoms with Crippen molar-refractivity contribution in [1.82, 2.24) is 0 Å². The predicted molar refractivity (Wildman–Crippen MR) is 85.9 cm³/mol. The average molecular weight is 352 g/mol. The summed E-state index contributed by atoms with van der Waals surface area (Å²) in [7, 11) is 0. The van der Waals surface area contributed by atoms with E-state index in [-0.39, 0.29) is 16.3 Å². The Morgan fingerprint density at radius 1 is 1.29 bits per heavy atom. The third kappa shape index (κ3) is 2.58. The second kappa shape index (κ2) is 5.17. The van der Waals surface area contributed by atoms with Gasteiger partial charge in [-0.15, -0.1) is 0 Å². The summed E-state index contributed by atoms with van der Waals surface area (Å²) < 4.78 is 5.81. The molecule has 0 spiro atoms. The summed E-state index contributed by atoms with van der Waals surface area (Å²) in [5, 5.41) is 21.8. The fourth-order valence-electron chi connectivity index (χ4n) is 5.29. The lowest BCUT2D eigenvalue weighted by molar-refractivity contribution is -0.384. The van der Waals surface area contributed by atoms with Crippen LogP contribution in [0.25, 0.3) is 0 Å². The Bertz CT molecular complexity index is 720. The molecule has 4 atom stereocenters. The van der Waals surface area contributed by atoms with Crippen LogP contribution in [0.4, 0.5) is 5.69 Å². The Morgan fingerprint density at radius 3 is 2.54 bits per heavy atom. The molecule has 6 nitrogen and oxygen atoms in total. The third-order valence-electron chi connectivity index (χ3n) is 5.67. The van der Waals surface area contributed by atoms with Crippen LogP contribution in [0.3, 0.4) is 0 Å². The smallest absolute Gasteiger partial charge is 0.340 e. The van der Waals surface area contributed by atoms with Gasteiger partial charge in [0, 0.05) is 18.6 Å². The molecule has 0 amide bonds. The van der Waals surface area contributed by atoms with Crippen molar-refractivity contribution in [2.45, 2.75) is 49.7 Å². The van der Waals surface area contributed by atoms with E-state index in [1.807, 2.05) is 0 Å². The first-order chi connectivity index (χ1) is 11.3. The molecule has 4 aliphatic rings. The summed E-state index contributed by atoms with van der Waals surface area (Å²) in [5.41, 5.74) is -1.59. The van der Waals surface area contributed by atoms with Crippen molar-refractivity contribution < 1.29 is 19.6 Å². The number of hydrogen-bond acceptors (Lipinski definition) is 5. The Morgan fingerprint density at radius 2 is 1.96 bits per heavy atom. The summed E-state index contributed by atoms with van der Waals surface area (Å²) in [6.07, 6.45) is 4.60. The molecule has 0 aromatic heterocycles. The zero-order valence-electron chi connectivity index (χ0n) is 13.0. The lowest BCUT2D eigenvalue weighted by Gasteiger charge is -2.59. The monoisotopic (exact) mass is 351 g/mol. The fraction of sp³-hybridized carbons (Fsp3) is 0.588. The first-order valence-electron chi connectivity index (χ1n) is 8.17. The molecule has 24 heavy (non-hydrogen) atoms. The Balaban J connectivity index is 1.61. The van der Waals surface area contributed by atoms with Crippen LogP contribution in [0, 0.1) is 22.0 Å². The number of hydrogen-bond donors (Lipinski definition) is 1. The van der Waals surface area contributed by atoms with E-state index in [0.717, 1.165) is 38.2 Å². The fourth-order valence-corrected chi connectivity index (χ4v) is 5.48. The number of rotatable bonds is 3. The van der Waals surface area contributed by atoms with Crippen LogP contribution >= 0.6 is 11.6 Å². The van der Waals surface area contributed by atoms with E-state index in [2.05, 4.69) is 0 Å². The molecular weight excluding hydrogens is 334 g/mol. The summed E-state index contributed by atoms with van der Waals surface area (Å²) >= 11 is 6.04. The molecule has 7 heteroatoms. The number of benzene rings is 1. The van der Waals surface area contributed by atoms with Crippen molar-refractivity contribution in [3.63, 3.8) is 0 Å². The Labute approximate surface area is 143 Å². The van der Waals surface area contributed by atoms with Crippen LogP contribution in [-0.4, -0.2) is 27.2 Å². The summed E-state index contributed by atoms with van der Waals surface area (Å²) in [4.78, 5) is 23.0. The normalized spacial score (nSPS) is 36.6. The van der Waals surface area contributed by atoms with Crippen LogP contribution < -0.4 is 0 Å². The maximum absolute atomic E-state index is 12.6. The van der Waals surface area contributed by atoms with Gasteiger partial charge in [0.15, 0.2) is 0 Å². The molecule has 0 radical (unpaired) electrons. The highest BCUT2D eigenvalue weighted by molar-refractivity contribution is 6.33. The summed E-state index contributed by atoms with van der Waals surface area (Å²) in [5.74, 6) is 0.114. The van der Waals surface area contributed by atoms with E-state index in [0.29, 0.717) is 18.3 Å². The quantitative estimate of drug-likeness (QED) is 0.511. The van der Waals surface area contributed by atoms with Gasteiger partial charge in [0.1, 0.15) is 5.60 Å². The SMILES string of the molecule is O=C(OC12C[C@@H]3C[C@@H](CC(O)(C3)C1)C2)c1cc([N+](=O)[O-])ccc1Cl. The molecule has 0 aliphatic heterocycles. The van der Waals surface area contributed by atoms with E-state index in [1.165, 1.54) is 12.1 Å². The van der Waals surface area contributed by atoms with Crippen molar-refractivity contribution in [1.29, 1.82) is 0 Å². The van der Waals surface area contributed by atoms with Crippen molar-refractivity contribution in [2.24, 2.45) is 11.8 Å². The minimum atomic E-state index is -0.739. The molecule has 2 unspecified atom stereocenters. The molecule has 4 saturated carbocycles. The number of aliphatic hydroxyl groups is 1. The van der Waals surface area contributed by atoms with Crippen LogP contribution in [0.1, 0.15) is 48.9 Å². The van der Waals surface area contributed by atoms with E-state index in [1.54, 1.807) is 0 Å². The van der Waals surface area contributed by atoms with Crippen molar-refractivity contribution >= 4 is 23.3 Å². The summed E-state index contributed by atoms with van der Waals surface area (Å²) in [6.45, 7) is 0. The largest absolute Gasteiger partial charge is 0.455 e. The predicted octanol–water partition coefficient (Wildman–Crippen LogP) is 3.49. The van der Waals surface area contributed by atoms with Gasteiger partial charge in [-0.05, 0) is 50.0 Å². The highest BCUT2D eigenvalue weighted by atomic mass is 35.5. The van der Waals surface area contributed by atoms with E-state index >= 15 is 0 Å². The van der Waals surface area contributed by atoms with Gasteiger partial charge in [0.25, 0.3) is 5.69 Å². The van der Waals surface area contributed by atoms with Gasteiger partial charge in [-0.2, -0.15) is 0 Å². The van der Waals surface area contributed by atoms with E-state index in [4.69, 9.17) is 16.3 Å². The maximum atomic E-state index is 12.6. The summed E-state index contributed by atoms with van der Waals surface area (Å²) in [6, 6.07) is 3.75. The van der Waals surface area contributed by atoms with Gasteiger partial charge in [-0.1, -0.05) is 11.6 Å². The maximum Gasteiger partial charge on any atom is 0.340 e. The van der Waals surface area contributed by atoms with Gasteiger partial charge in [-0.3, -0.25) is 10.1 Å². The van der Waals surface area contributed by atoms with Crippen LogP contribution in [0.15, 0.2) is 18.2 Å². The number of non-ortho nitro benzene ring substituents is 1. The van der Waals surface area contributed by atoms with Gasteiger partial charge < -0.3 is 9.84 Å². The molecule has 0 heterocycles. The lowest BCUT2D eigenvalue weighted by Crippen LogP contribution is -2.60. The van der Waals surface area contributed by atoms with Crippen molar-refractivity contribution in [2.75, 3.05) is 0 Å². The van der Waals surface area contributed by atoms with E-state index in [9.17, 15) is 20.0 Å². The molecule has 0 saturated heterocycles. The number of esters is 1. The molecule has 4 aliphatic carbocycles. The highest BCUT2D eigenvalue weighted by Gasteiger charge is 2.59. The standard InChI is InChI=1S/C17H18ClNO5/c18-14-2-1-12(19(22)23)4-13(14)15(20)24-17-7-10-3-11(8-17)6-16(21,5-10)9-17/h1-2,4,10-11,21H,3,5-9H2/t10-,11+,16?,17?. The third-order valence-corrected chi connectivity index (χ3v) is 6.00. The second-order valence-corrected chi connectivity index (χ2v) is 8.09. The van der Waals surface area contributed by atoms with Gasteiger partial charge >= 0.3 is 5.97 Å². The minimum Gasteiger partial charge on any atom is -0.455 e. The zero-order chi connectivity index (χ0) is 17.1.